The van der Waals surface area contributed by atoms with Crippen molar-refractivity contribution in [1.29, 1.82) is 0 Å². The van der Waals surface area contributed by atoms with Crippen LogP contribution in [-0.4, -0.2) is 64.2 Å². The molecule has 0 aromatic carbocycles. The van der Waals surface area contributed by atoms with Crippen LogP contribution in [-0.2, 0) is 20.9 Å². The van der Waals surface area contributed by atoms with Gasteiger partial charge in [0, 0.05) is 25.7 Å². The molecule has 3 heterocycles. The fourth-order valence-corrected chi connectivity index (χ4v) is 3.03. The highest BCUT2D eigenvalue weighted by molar-refractivity contribution is 5.83. The van der Waals surface area contributed by atoms with Crippen LogP contribution in [0.4, 0.5) is 0 Å². The van der Waals surface area contributed by atoms with Crippen LogP contribution in [0.3, 0.4) is 0 Å². The van der Waals surface area contributed by atoms with E-state index in [-0.39, 0.29) is 11.8 Å². The SMILES string of the molecule is CCCC(=O)N1Cc2ccnn2[C@@H](C(=O)N2CCOCC2)C1. The summed E-state index contributed by atoms with van der Waals surface area (Å²) in [6.45, 7) is 5.29. The van der Waals surface area contributed by atoms with Gasteiger partial charge in [0.15, 0.2) is 0 Å². The first-order valence-electron chi connectivity index (χ1n) is 7.87. The Morgan fingerprint density at radius 3 is 2.82 bits per heavy atom. The summed E-state index contributed by atoms with van der Waals surface area (Å²) in [7, 11) is 0. The highest BCUT2D eigenvalue weighted by Gasteiger charge is 2.35. The van der Waals surface area contributed by atoms with Gasteiger partial charge in [-0.1, -0.05) is 6.92 Å². The van der Waals surface area contributed by atoms with Gasteiger partial charge in [-0.05, 0) is 12.5 Å². The number of carbonyl (C=O) groups is 2. The van der Waals surface area contributed by atoms with Crippen LogP contribution in [0.5, 0.6) is 0 Å². The number of carbonyl (C=O) groups excluding carboxylic acids is 2. The monoisotopic (exact) mass is 306 g/mol. The van der Waals surface area contributed by atoms with Crippen molar-refractivity contribution in [3.05, 3.63) is 18.0 Å². The Labute approximate surface area is 129 Å². The van der Waals surface area contributed by atoms with Gasteiger partial charge < -0.3 is 14.5 Å². The summed E-state index contributed by atoms with van der Waals surface area (Å²) in [5.74, 6) is 0.136. The minimum absolute atomic E-state index is 0.0299. The number of ether oxygens (including phenoxy) is 1. The maximum Gasteiger partial charge on any atom is 0.249 e. The summed E-state index contributed by atoms with van der Waals surface area (Å²) in [5.41, 5.74) is 0.919. The zero-order valence-corrected chi connectivity index (χ0v) is 12.9. The van der Waals surface area contributed by atoms with Crippen LogP contribution in [0, 0.1) is 0 Å². The fourth-order valence-electron chi connectivity index (χ4n) is 3.03. The molecule has 120 valence electrons. The fraction of sp³-hybridized carbons (Fsp3) is 0.667. The average Bonchev–Trinajstić information content (AvgIpc) is 3.02. The van der Waals surface area contributed by atoms with Crippen molar-refractivity contribution in [1.82, 2.24) is 19.6 Å². The van der Waals surface area contributed by atoms with Crippen molar-refractivity contribution in [3.63, 3.8) is 0 Å². The van der Waals surface area contributed by atoms with Crippen LogP contribution < -0.4 is 0 Å². The molecule has 0 bridgehead atoms. The van der Waals surface area contributed by atoms with E-state index in [9.17, 15) is 9.59 Å². The molecule has 1 fully saturated rings. The second-order valence-corrected chi connectivity index (χ2v) is 5.74. The van der Waals surface area contributed by atoms with E-state index in [0.717, 1.165) is 12.1 Å². The molecule has 0 saturated carbocycles. The number of nitrogens with zero attached hydrogens (tertiary/aromatic N) is 4. The third-order valence-corrected chi connectivity index (χ3v) is 4.22. The molecule has 0 unspecified atom stereocenters. The van der Waals surface area contributed by atoms with E-state index in [0.29, 0.717) is 45.8 Å². The molecule has 2 aliphatic rings. The van der Waals surface area contributed by atoms with Gasteiger partial charge >= 0.3 is 0 Å². The van der Waals surface area contributed by atoms with E-state index < -0.39 is 6.04 Å². The lowest BCUT2D eigenvalue weighted by molar-refractivity contribution is -0.143. The van der Waals surface area contributed by atoms with E-state index in [1.165, 1.54) is 0 Å². The molecule has 7 heteroatoms. The van der Waals surface area contributed by atoms with Crippen LogP contribution in [0.1, 0.15) is 31.5 Å². The summed E-state index contributed by atoms with van der Waals surface area (Å²) in [4.78, 5) is 28.6. The first-order valence-corrected chi connectivity index (χ1v) is 7.87. The van der Waals surface area contributed by atoms with Crippen molar-refractivity contribution < 1.29 is 14.3 Å². The van der Waals surface area contributed by atoms with Gasteiger partial charge in [0.2, 0.25) is 11.8 Å². The Bertz CT molecular complexity index is 551. The van der Waals surface area contributed by atoms with Gasteiger partial charge in [-0.15, -0.1) is 0 Å². The topological polar surface area (TPSA) is 67.7 Å². The number of morpholine rings is 1. The molecule has 22 heavy (non-hydrogen) atoms. The van der Waals surface area contributed by atoms with E-state index in [4.69, 9.17) is 4.74 Å². The van der Waals surface area contributed by atoms with Crippen molar-refractivity contribution >= 4 is 11.8 Å². The number of amides is 2. The largest absolute Gasteiger partial charge is 0.378 e. The highest BCUT2D eigenvalue weighted by atomic mass is 16.5. The third-order valence-electron chi connectivity index (χ3n) is 4.22. The molecule has 7 nitrogen and oxygen atoms in total. The average molecular weight is 306 g/mol. The Hall–Kier alpha value is -1.89. The van der Waals surface area contributed by atoms with Crippen LogP contribution >= 0.6 is 0 Å². The minimum atomic E-state index is -0.419. The Morgan fingerprint density at radius 2 is 2.09 bits per heavy atom. The quantitative estimate of drug-likeness (QED) is 0.812. The van der Waals surface area contributed by atoms with Gasteiger partial charge in [-0.2, -0.15) is 5.10 Å². The number of rotatable bonds is 3. The van der Waals surface area contributed by atoms with E-state index in [1.54, 1.807) is 15.8 Å². The van der Waals surface area contributed by atoms with E-state index in [2.05, 4.69) is 5.10 Å². The van der Waals surface area contributed by atoms with Crippen LogP contribution in [0.15, 0.2) is 12.3 Å². The predicted molar refractivity (Wildman–Crippen MR) is 79.0 cm³/mol. The maximum absolute atomic E-state index is 12.8. The molecule has 0 aliphatic carbocycles. The molecule has 0 spiro atoms. The molecule has 2 amide bonds. The van der Waals surface area contributed by atoms with Gasteiger partial charge in [0.05, 0.1) is 32.0 Å². The molecule has 1 saturated heterocycles. The second-order valence-electron chi connectivity index (χ2n) is 5.74. The van der Waals surface area contributed by atoms with E-state index >= 15 is 0 Å². The zero-order valence-electron chi connectivity index (χ0n) is 12.9. The van der Waals surface area contributed by atoms with Gasteiger partial charge in [-0.25, -0.2) is 0 Å². The summed E-state index contributed by atoms with van der Waals surface area (Å²) in [6, 6.07) is 1.46. The smallest absolute Gasteiger partial charge is 0.249 e. The molecule has 2 aliphatic heterocycles. The van der Waals surface area contributed by atoms with Crippen LogP contribution in [0.2, 0.25) is 0 Å². The molecule has 1 atom stereocenters. The molecule has 1 aromatic rings. The Kier molecular flexibility index (Phi) is 4.42. The highest BCUT2D eigenvalue weighted by Crippen LogP contribution is 2.23. The molecule has 3 rings (SSSR count). The Balaban J connectivity index is 1.80. The lowest BCUT2D eigenvalue weighted by Crippen LogP contribution is -2.50. The van der Waals surface area contributed by atoms with Crippen molar-refractivity contribution in [3.8, 4) is 0 Å². The third kappa shape index (κ3) is 2.85. The maximum atomic E-state index is 12.8. The summed E-state index contributed by atoms with van der Waals surface area (Å²) in [6.07, 6.45) is 3.03. The first kappa shape index (κ1) is 15.0. The lowest BCUT2D eigenvalue weighted by atomic mass is 10.1. The molecular formula is C15H22N4O3. The number of hydrogen-bond acceptors (Lipinski definition) is 4. The number of fused-ring (bicyclic) bond motifs is 1. The number of hydrogen-bond donors (Lipinski definition) is 0. The number of aromatic nitrogens is 2. The van der Waals surface area contributed by atoms with E-state index in [1.807, 2.05) is 17.9 Å². The normalized spacial score (nSPS) is 21.6. The van der Waals surface area contributed by atoms with Crippen molar-refractivity contribution in [2.75, 3.05) is 32.8 Å². The second kappa shape index (κ2) is 6.48. The summed E-state index contributed by atoms with van der Waals surface area (Å²) < 4.78 is 7.07. The Morgan fingerprint density at radius 1 is 1.32 bits per heavy atom. The van der Waals surface area contributed by atoms with Crippen molar-refractivity contribution in [2.24, 2.45) is 0 Å². The minimum Gasteiger partial charge on any atom is -0.378 e. The standard InChI is InChI=1S/C15H22N4O3/c1-2-3-14(20)18-10-12-4-5-16-19(12)13(11-18)15(21)17-6-8-22-9-7-17/h4-5,13H,2-3,6-11H2,1H3/t13-/m1/s1. The molecule has 1 aromatic heterocycles. The predicted octanol–water partition coefficient (Wildman–Crippen LogP) is 0.425. The first-order chi connectivity index (χ1) is 10.7. The zero-order chi connectivity index (χ0) is 15.5. The summed E-state index contributed by atoms with van der Waals surface area (Å²) in [5, 5.41) is 4.29. The van der Waals surface area contributed by atoms with Gasteiger partial charge in [0.1, 0.15) is 6.04 Å². The molecule has 0 N–H and O–H groups in total. The van der Waals surface area contributed by atoms with Crippen molar-refractivity contribution in [2.45, 2.75) is 32.4 Å². The lowest BCUT2D eigenvalue weighted by Gasteiger charge is -2.36. The van der Waals surface area contributed by atoms with Gasteiger partial charge in [-0.3, -0.25) is 14.3 Å². The van der Waals surface area contributed by atoms with Crippen LogP contribution in [0.25, 0.3) is 0 Å². The van der Waals surface area contributed by atoms with Gasteiger partial charge in [0.25, 0.3) is 0 Å². The molecule has 0 radical (unpaired) electrons. The molecular weight excluding hydrogens is 284 g/mol. The summed E-state index contributed by atoms with van der Waals surface area (Å²) >= 11 is 0.